The second-order valence-electron chi connectivity index (χ2n) is 2.59. The molecule has 2 rings (SSSR count). The fourth-order valence-corrected chi connectivity index (χ4v) is 1.25. The van der Waals surface area contributed by atoms with Crippen molar-refractivity contribution >= 4 is 17.1 Å². The maximum atomic E-state index is 10.6. The average Bonchev–Trinajstić information content (AvgIpc) is 2.53. The highest BCUT2D eigenvalue weighted by molar-refractivity contribution is 5.94. The number of aromatic nitrogens is 1. The Hall–Kier alpha value is -1.71. The first-order valence-electron chi connectivity index (χ1n) is 3.49. The summed E-state index contributed by atoms with van der Waals surface area (Å²) in [6.45, 7) is 1.71. The van der Waals surface area contributed by atoms with Gasteiger partial charge in [-0.2, -0.15) is 0 Å². The van der Waals surface area contributed by atoms with Crippen LogP contribution in [0.5, 0.6) is 0 Å². The zero-order valence-electron chi connectivity index (χ0n) is 6.42. The molecule has 0 aromatic carbocycles. The molecule has 2 aromatic rings. The SMILES string of the molecule is Cc1c(C(=O)O)[nH]c2ccoc12. The van der Waals surface area contributed by atoms with Crippen LogP contribution >= 0.6 is 0 Å². The van der Waals surface area contributed by atoms with Gasteiger partial charge in [-0.25, -0.2) is 4.79 Å². The van der Waals surface area contributed by atoms with Crippen molar-refractivity contribution in [2.24, 2.45) is 0 Å². The Kier molecular flexibility index (Phi) is 1.24. The minimum atomic E-state index is -0.959. The molecule has 2 aromatic heterocycles. The van der Waals surface area contributed by atoms with Crippen LogP contribution in [0.1, 0.15) is 16.1 Å². The summed E-state index contributed by atoms with van der Waals surface area (Å²) in [6.07, 6.45) is 1.53. The number of aromatic amines is 1. The van der Waals surface area contributed by atoms with E-state index >= 15 is 0 Å². The molecule has 2 heterocycles. The lowest BCUT2D eigenvalue weighted by molar-refractivity contribution is 0.0690. The molecule has 0 saturated carbocycles. The standard InChI is InChI=1S/C8H7NO3/c1-4-6(8(10)11)9-5-2-3-12-7(4)5/h2-3,9H,1H3,(H,10,11). The Bertz CT molecular complexity index is 438. The zero-order chi connectivity index (χ0) is 8.72. The van der Waals surface area contributed by atoms with E-state index in [1.807, 2.05) is 0 Å². The third-order valence-corrected chi connectivity index (χ3v) is 1.85. The molecule has 0 unspecified atom stereocenters. The molecule has 0 fully saturated rings. The van der Waals surface area contributed by atoms with E-state index < -0.39 is 5.97 Å². The van der Waals surface area contributed by atoms with Gasteiger partial charge in [-0.1, -0.05) is 0 Å². The minimum Gasteiger partial charge on any atom is -0.477 e. The molecule has 4 nitrogen and oxygen atoms in total. The quantitative estimate of drug-likeness (QED) is 0.676. The van der Waals surface area contributed by atoms with E-state index in [-0.39, 0.29) is 5.69 Å². The summed E-state index contributed by atoms with van der Waals surface area (Å²) in [5.74, 6) is -0.959. The minimum absolute atomic E-state index is 0.198. The second-order valence-corrected chi connectivity index (χ2v) is 2.59. The van der Waals surface area contributed by atoms with Gasteiger partial charge in [0.15, 0.2) is 5.58 Å². The number of H-pyrrole nitrogens is 1. The fourth-order valence-electron chi connectivity index (χ4n) is 1.25. The predicted molar refractivity (Wildman–Crippen MR) is 42.3 cm³/mol. The van der Waals surface area contributed by atoms with E-state index in [1.165, 1.54) is 6.26 Å². The molecule has 0 aliphatic rings. The third kappa shape index (κ3) is 0.747. The van der Waals surface area contributed by atoms with Gasteiger partial charge in [0.05, 0.1) is 11.8 Å². The number of hydrogen-bond donors (Lipinski definition) is 2. The monoisotopic (exact) mass is 165 g/mol. The molecule has 62 valence electrons. The van der Waals surface area contributed by atoms with Crippen molar-refractivity contribution < 1.29 is 14.3 Å². The molecule has 0 saturated heterocycles. The predicted octanol–water partition coefficient (Wildman–Crippen LogP) is 1.77. The lowest BCUT2D eigenvalue weighted by atomic mass is 10.2. The molecule has 0 radical (unpaired) electrons. The van der Waals surface area contributed by atoms with Crippen LogP contribution in [0, 0.1) is 6.92 Å². The average molecular weight is 165 g/mol. The summed E-state index contributed by atoms with van der Waals surface area (Å²) in [5.41, 5.74) is 2.18. The first-order chi connectivity index (χ1) is 5.70. The van der Waals surface area contributed by atoms with Gasteiger partial charge >= 0.3 is 5.97 Å². The fraction of sp³-hybridized carbons (Fsp3) is 0.125. The van der Waals surface area contributed by atoms with E-state index in [2.05, 4.69) is 4.98 Å². The molecule has 2 N–H and O–H groups in total. The van der Waals surface area contributed by atoms with E-state index in [0.29, 0.717) is 11.1 Å². The molecule has 0 spiro atoms. The van der Waals surface area contributed by atoms with Crippen molar-refractivity contribution in [2.75, 3.05) is 0 Å². The molecule has 0 bridgehead atoms. The lowest BCUT2D eigenvalue weighted by Gasteiger charge is -1.88. The number of carbonyl (C=O) groups is 1. The Balaban J connectivity index is 2.78. The van der Waals surface area contributed by atoms with E-state index in [0.717, 1.165) is 5.52 Å². The molecule has 12 heavy (non-hydrogen) atoms. The molecule has 4 heteroatoms. The zero-order valence-corrected chi connectivity index (χ0v) is 6.42. The summed E-state index contributed by atoms with van der Waals surface area (Å²) < 4.78 is 5.08. The van der Waals surface area contributed by atoms with Crippen molar-refractivity contribution in [2.45, 2.75) is 6.92 Å². The Morgan fingerprint density at radius 1 is 1.67 bits per heavy atom. The van der Waals surface area contributed by atoms with Gasteiger partial charge in [-0.05, 0) is 6.92 Å². The summed E-state index contributed by atoms with van der Waals surface area (Å²) in [7, 11) is 0. The number of carboxylic acid groups (broad SMARTS) is 1. The third-order valence-electron chi connectivity index (χ3n) is 1.85. The molecular formula is C8H7NO3. The van der Waals surface area contributed by atoms with Crippen LogP contribution < -0.4 is 0 Å². The number of carboxylic acids is 1. The van der Waals surface area contributed by atoms with Crippen molar-refractivity contribution in [3.05, 3.63) is 23.6 Å². The van der Waals surface area contributed by atoms with Gasteiger partial charge in [0, 0.05) is 11.6 Å². The summed E-state index contributed by atoms with van der Waals surface area (Å²) >= 11 is 0. The highest BCUT2D eigenvalue weighted by atomic mass is 16.4. The summed E-state index contributed by atoms with van der Waals surface area (Å²) in [6, 6.07) is 1.70. The van der Waals surface area contributed by atoms with E-state index in [9.17, 15) is 4.79 Å². The smallest absolute Gasteiger partial charge is 0.352 e. The number of rotatable bonds is 1. The van der Waals surface area contributed by atoms with Crippen LogP contribution in [0.15, 0.2) is 16.7 Å². The summed E-state index contributed by atoms with van der Waals surface area (Å²) in [4.78, 5) is 13.4. The lowest BCUT2D eigenvalue weighted by Crippen LogP contribution is -1.98. The Morgan fingerprint density at radius 3 is 3.00 bits per heavy atom. The number of nitrogens with one attached hydrogen (secondary N) is 1. The van der Waals surface area contributed by atoms with Gasteiger partial charge in [0.2, 0.25) is 0 Å². The van der Waals surface area contributed by atoms with Gasteiger partial charge in [-0.3, -0.25) is 0 Å². The number of aromatic carboxylic acids is 1. The highest BCUT2D eigenvalue weighted by Crippen LogP contribution is 2.21. The van der Waals surface area contributed by atoms with Crippen LogP contribution in [0.3, 0.4) is 0 Å². The first-order valence-corrected chi connectivity index (χ1v) is 3.49. The topological polar surface area (TPSA) is 66.2 Å². The van der Waals surface area contributed by atoms with Gasteiger partial charge in [0.25, 0.3) is 0 Å². The number of furan rings is 1. The molecule has 0 atom stereocenters. The molecule has 0 aliphatic heterocycles. The number of hydrogen-bond acceptors (Lipinski definition) is 2. The van der Waals surface area contributed by atoms with Crippen LogP contribution in [0.25, 0.3) is 11.1 Å². The molecular weight excluding hydrogens is 158 g/mol. The largest absolute Gasteiger partial charge is 0.477 e. The molecule has 0 amide bonds. The van der Waals surface area contributed by atoms with Crippen LogP contribution in [0.4, 0.5) is 0 Å². The molecule has 0 aliphatic carbocycles. The van der Waals surface area contributed by atoms with Gasteiger partial charge < -0.3 is 14.5 Å². The van der Waals surface area contributed by atoms with Crippen LogP contribution in [-0.2, 0) is 0 Å². The Morgan fingerprint density at radius 2 is 2.42 bits per heavy atom. The second kappa shape index (κ2) is 2.14. The maximum absolute atomic E-state index is 10.6. The van der Waals surface area contributed by atoms with E-state index in [4.69, 9.17) is 9.52 Å². The van der Waals surface area contributed by atoms with Crippen molar-refractivity contribution in [1.82, 2.24) is 4.98 Å². The Labute approximate surface area is 67.8 Å². The normalized spacial score (nSPS) is 10.8. The van der Waals surface area contributed by atoms with Crippen molar-refractivity contribution in [3.8, 4) is 0 Å². The van der Waals surface area contributed by atoms with Crippen LogP contribution in [0.2, 0.25) is 0 Å². The van der Waals surface area contributed by atoms with Gasteiger partial charge in [-0.15, -0.1) is 0 Å². The van der Waals surface area contributed by atoms with Gasteiger partial charge in [0.1, 0.15) is 5.69 Å². The number of fused-ring (bicyclic) bond motifs is 1. The first kappa shape index (κ1) is 6.97. The van der Waals surface area contributed by atoms with Crippen LogP contribution in [-0.4, -0.2) is 16.1 Å². The summed E-state index contributed by atoms with van der Waals surface area (Å²) in [5, 5.41) is 8.71. The number of aryl methyl sites for hydroxylation is 1. The highest BCUT2D eigenvalue weighted by Gasteiger charge is 2.14. The maximum Gasteiger partial charge on any atom is 0.352 e. The van der Waals surface area contributed by atoms with Crippen molar-refractivity contribution in [1.29, 1.82) is 0 Å². The van der Waals surface area contributed by atoms with Crippen molar-refractivity contribution in [3.63, 3.8) is 0 Å². The van der Waals surface area contributed by atoms with E-state index in [1.54, 1.807) is 13.0 Å².